The van der Waals surface area contributed by atoms with E-state index in [1.165, 1.54) is 11.3 Å². The van der Waals surface area contributed by atoms with Gasteiger partial charge in [-0.3, -0.25) is 0 Å². The van der Waals surface area contributed by atoms with E-state index in [4.69, 9.17) is 21.1 Å². The lowest BCUT2D eigenvalue weighted by atomic mass is 10.1. The van der Waals surface area contributed by atoms with Gasteiger partial charge in [0.2, 0.25) is 5.88 Å². The number of nitrogens with zero attached hydrogens (tertiary/aromatic N) is 5. The SMILES string of the molecule is COc1cnc2c(-c3nc4c(Cl)c(F)c(OC[C@H](C)c5ncccn5)cc4s3)cc(C)cc2n1. The molecule has 0 unspecified atom stereocenters. The summed E-state index contributed by atoms with van der Waals surface area (Å²) in [5.41, 5.74) is 3.52. The van der Waals surface area contributed by atoms with E-state index in [0.29, 0.717) is 38.0 Å². The van der Waals surface area contributed by atoms with Gasteiger partial charge in [-0.05, 0) is 30.7 Å². The van der Waals surface area contributed by atoms with Crippen molar-refractivity contribution in [3.05, 3.63) is 65.1 Å². The average molecular weight is 496 g/mol. The van der Waals surface area contributed by atoms with Gasteiger partial charge in [0.25, 0.3) is 0 Å². The zero-order chi connectivity index (χ0) is 23.8. The first-order valence-corrected chi connectivity index (χ1v) is 11.6. The van der Waals surface area contributed by atoms with Crippen molar-refractivity contribution in [1.82, 2.24) is 24.9 Å². The quantitative estimate of drug-likeness (QED) is 0.286. The zero-order valence-electron chi connectivity index (χ0n) is 18.5. The molecule has 1 atom stereocenters. The fourth-order valence-corrected chi connectivity index (χ4v) is 4.88. The average Bonchev–Trinajstić information content (AvgIpc) is 3.29. The van der Waals surface area contributed by atoms with Gasteiger partial charge in [-0.2, -0.15) is 0 Å². The summed E-state index contributed by atoms with van der Waals surface area (Å²) in [6, 6.07) is 7.27. The molecule has 172 valence electrons. The second-order valence-electron chi connectivity index (χ2n) is 7.78. The molecule has 0 saturated heterocycles. The Hall–Kier alpha value is -3.43. The van der Waals surface area contributed by atoms with Gasteiger partial charge in [0.05, 0.1) is 41.6 Å². The van der Waals surface area contributed by atoms with E-state index in [9.17, 15) is 0 Å². The van der Waals surface area contributed by atoms with E-state index in [0.717, 1.165) is 11.1 Å². The predicted octanol–water partition coefficient (Wildman–Crippen LogP) is 5.99. The molecule has 0 aliphatic heterocycles. The summed E-state index contributed by atoms with van der Waals surface area (Å²) < 4.78 is 26.7. The minimum Gasteiger partial charge on any atom is -0.490 e. The second-order valence-corrected chi connectivity index (χ2v) is 9.19. The molecule has 10 heteroatoms. The largest absolute Gasteiger partial charge is 0.490 e. The van der Waals surface area contributed by atoms with Crippen molar-refractivity contribution >= 4 is 44.2 Å². The van der Waals surface area contributed by atoms with Crippen molar-refractivity contribution in [2.75, 3.05) is 13.7 Å². The van der Waals surface area contributed by atoms with E-state index in [-0.39, 0.29) is 23.3 Å². The monoisotopic (exact) mass is 495 g/mol. The Morgan fingerprint density at radius 1 is 1.09 bits per heavy atom. The normalized spacial score (nSPS) is 12.3. The van der Waals surface area contributed by atoms with E-state index in [1.807, 2.05) is 26.0 Å². The van der Waals surface area contributed by atoms with Crippen LogP contribution in [0, 0.1) is 12.7 Å². The molecule has 3 heterocycles. The van der Waals surface area contributed by atoms with Crippen LogP contribution in [0.2, 0.25) is 5.02 Å². The highest BCUT2D eigenvalue weighted by Crippen LogP contribution is 2.40. The van der Waals surface area contributed by atoms with Crippen molar-refractivity contribution in [2.45, 2.75) is 19.8 Å². The standard InChI is InChI=1S/C24H19ClFN5O2S/c1-12-7-14(21-15(8-12)30-18(32-3)10-29-21)24-31-22-17(34-24)9-16(20(26)19(22)25)33-11-13(2)23-27-5-4-6-28-23/h4-10,13H,11H2,1-3H3/t13-/m0/s1. The number of hydrogen-bond acceptors (Lipinski definition) is 8. The van der Waals surface area contributed by atoms with Gasteiger partial charge >= 0.3 is 0 Å². The van der Waals surface area contributed by atoms with Crippen molar-refractivity contribution in [2.24, 2.45) is 0 Å². The first-order valence-electron chi connectivity index (χ1n) is 10.4. The molecule has 0 saturated carbocycles. The third kappa shape index (κ3) is 4.12. The molecule has 3 aromatic heterocycles. The maximum absolute atomic E-state index is 15.0. The highest BCUT2D eigenvalue weighted by atomic mass is 35.5. The maximum atomic E-state index is 15.0. The Bertz CT molecular complexity index is 1510. The topological polar surface area (TPSA) is 82.9 Å². The molecule has 0 aliphatic carbocycles. The number of methoxy groups -OCH3 is 1. The third-order valence-electron chi connectivity index (χ3n) is 5.26. The van der Waals surface area contributed by atoms with E-state index >= 15 is 4.39 Å². The number of benzene rings is 2. The number of ether oxygens (including phenoxy) is 2. The number of hydrogen-bond donors (Lipinski definition) is 0. The van der Waals surface area contributed by atoms with Crippen LogP contribution >= 0.6 is 22.9 Å². The Morgan fingerprint density at radius 2 is 1.88 bits per heavy atom. The van der Waals surface area contributed by atoms with Crippen LogP contribution in [-0.4, -0.2) is 38.6 Å². The Balaban J connectivity index is 1.53. The van der Waals surface area contributed by atoms with Crippen molar-refractivity contribution in [3.8, 4) is 22.2 Å². The molecule has 0 aliphatic rings. The molecule has 7 nitrogen and oxygen atoms in total. The van der Waals surface area contributed by atoms with Gasteiger partial charge in [-0.25, -0.2) is 29.3 Å². The number of aryl methyl sites for hydroxylation is 1. The summed E-state index contributed by atoms with van der Waals surface area (Å²) >= 11 is 7.76. The maximum Gasteiger partial charge on any atom is 0.232 e. The van der Waals surface area contributed by atoms with Gasteiger partial charge in [0.1, 0.15) is 21.4 Å². The van der Waals surface area contributed by atoms with Crippen molar-refractivity contribution < 1.29 is 13.9 Å². The summed E-state index contributed by atoms with van der Waals surface area (Å²) in [7, 11) is 1.55. The Kier molecular flexibility index (Phi) is 5.97. The zero-order valence-corrected chi connectivity index (χ0v) is 20.1. The van der Waals surface area contributed by atoms with E-state index in [2.05, 4.69) is 24.9 Å². The number of fused-ring (bicyclic) bond motifs is 2. The molecule has 0 radical (unpaired) electrons. The number of halogens is 2. The number of rotatable bonds is 6. The third-order valence-corrected chi connectivity index (χ3v) is 6.64. The molecular formula is C24H19ClFN5O2S. The predicted molar refractivity (Wildman–Crippen MR) is 130 cm³/mol. The van der Waals surface area contributed by atoms with Crippen LogP contribution in [0.4, 0.5) is 4.39 Å². The van der Waals surface area contributed by atoms with E-state index in [1.54, 1.807) is 37.8 Å². The molecule has 0 N–H and O–H groups in total. The van der Waals surface area contributed by atoms with Crippen LogP contribution in [-0.2, 0) is 0 Å². The fourth-order valence-electron chi connectivity index (χ4n) is 3.57. The molecular weight excluding hydrogens is 477 g/mol. The van der Waals surface area contributed by atoms with Gasteiger partial charge in [-0.15, -0.1) is 11.3 Å². The first kappa shape index (κ1) is 22.4. The number of thiazole rings is 1. The smallest absolute Gasteiger partial charge is 0.232 e. The molecule has 34 heavy (non-hydrogen) atoms. The lowest BCUT2D eigenvalue weighted by Gasteiger charge is -2.13. The van der Waals surface area contributed by atoms with Gasteiger partial charge < -0.3 is 9.47 Å². The highest BCUT2D eigenvalue weighted by Gasteiger charge is 2.20. The van der Waals surface area contributed by atoms with Crippen LogP contribution in [0.5, 0.6) is 11.6 Å². The minimum absolute atomic E-state index is 0.0640. The summed E-state index contributed by atoms with van der Waals surface area (Å²) in [5, 5.41) is 0.580. The van der Waals surface area contributed by atoms with Gasteiger partial charge in [-0.1, -0.05) is 18.5 Å². The van der Waals surface area contributed by atoms with Crippen LogP contribution in [0.3, 0.4) is 0 Å². The van der Waals surface area contributed by atoms with E-state index < -0.39 is 5.82 Å². The van der Waals surface area contributed by atoms with Crippen molar-refractivity contribution in [1.29, 1.82) is 0 Å². The minimum atomic E-state index is -0.647. The van der Waals surface area contributed by atoms with Gasteiger partial charge in [0.15, 0.2) is 11.6 Å². The van der Waals surface area contributed by atoms with Crippen LogP contribution < -0.4 is 9.47 Å². The summed E-state index contributed by atoms with van der Waals surface area (Å²) in [4.78, 5) is 22.1. The number of aromatic nitrogens is 5. The lowest BCUT2D eigenvalue weighted by Crippen LogP contribution is -2.10. The summed E-state index contributed by atoms with van der Waals surface area (Å²) in [5.74, 6) is 0.343. The van der Waals surface area contributed by atoms with Crippen LogP contribution in [0.25, 0.3) is 31.8 Å². The molecule has 0 amide bonds. The van der Waals surface area contributed by atoms with Crippen LogP contribution in [0.15, 0.2) is 42.9 Å². The lowest BCUT2D eigenvalue weighted by molar-refractivity contribution is 0.278. The van der Waals surface area contributed by atoms with Crippen LogP contribution in [0.1, 0.15) is 24.2 Å². The second kappa shape index (κ2) is 9.08. The Morgan fingerprint density at radius 3 is 2.65 bits per heavy atom. The Labute approximate surface area is 203 Å². The molecule has 5 aromatic rings. The summed E-state index contributed by atoms with van der Waals surface area (Å²) in [6.45, 7) is 4.08. The van der Waals surface area contributed by atoms with Crippen molar-refractivity contribution in [3.63, 3.8) is 0 Å². The van der Waals surface area contributed by atoms with Gasteiger partial charge in [0, 0.05) is 24.0 Å². The molecule has 2 aromatic carbocycles. The molecule has 5 rings (SSSR count). The first-order chi connectivity index (χ1) is 16.4. The highest BCUT2D eigenvalue weighted by molar-refractivity contribution is 7.21. The molecule has 0 fully saturated rings. The molecule has 0 spiro atoms. The fraction of sp³-hybridized carbons (Fsp3) is 0.208. The summed E-state index contributed by atoms with van der Waals surface area (Å²) in [6.07, 6.45) is 4.89. The molecule has 0 bridgehead atoms.